The molecule has 0 spiro atoms. The third kappa shape index (κ3) is 4.46. The minimum Gasteiger partial charge on any atom is -0.316 e. The van der Waals surface area contributed by atoms with Gasteiger partial charge in [-0.15, -0.1) is 0 Å². The van der Waals surface area contributed by atoms with Crippen LogP contribution >= 0.6 is 0 Å². The molecule has 1 atom stereocenters. The van der Waals surface area contributed by atoms with Crippen molar-refractivity contribution in [3.8, 4) is 0 Å². The summed E-state index contributed by atoms with van der Waals surface area (Å²) in [5.41, 5.74) is 0.579. The zero-order chi connectivity index (χ0) is 13.6. The highest BCUT2D eigenvalue weighted by atomic mass is 15.2. The van der Waals surface area contributed by atoms with Crippen molar-refractivity contribution in [3.05, 3.63) is 0 Å². The van der Waals surface area contributed by atoms with E-state index < -0.39 is 0 Å². The van der Waals surface area contributed by atoms with Crippen molar-refractivity contribution in [2.75, 3.05) is 32.7 Å². The summed E-state index contributed by atoms with van der Waals surface area (Å²) in [6.07, 6.45) is 11.6. The fourth-order valence-electron chi connectivity index (χ4n) is 4.12. The maximum atomic E-state index is 3.66. The van der Waals surface area contributed by atoms with Gasteiger partial charge in [0, 0.05) is 19.6 Å². The first-order valence-electron chi connectivity index (χ1n) is 8.71. The lowest BCUT2D eigenvalue weighted by Crippen LogP contribution is -2.43. The minimum absolute atomic E-state index is 0.579. The van der Waals surface area contributed by atoms with E-state index >= 15 is 0 Å². The van der Waals surface area contributed by atoms with Gasteiger partial charge in [-0.3, -0.25) is 0 Å². The van der Waals surface area contributed by atoms with E-state index in [0.29, 0.717) is 5.41 Å². The highest BCUT2D eigenvalue weighted by molar-refractivity contribution is 4.89. The van der Waals surface area contributed by atoms with Crippen LogP contribution in [0.15, 0.2) is 0 Å². The Morgan fingerprint density at radius 2 is 1.84 bits per heavy atom. The molecule has 1 saturated heterocycles. The third-order valence-corrected chi connectivity index (χ3v) is 5.42. The molecule has 2 aliphatic rings. The predicted molar refractivity (Wildman–Crippen MR) is 83.5 cm³/mol. The van der Waals surface area contributed by atoms with Crippen LogP contribution in [0.4, 0.5) is 0 Å². The average molecular weight is 266 g/mol. The SMILES string of the molecule is CCNCC1(CN2CCC(CC)C2)CCCCCC1. The highest BCUT2D eigenvalue weighted by Crippen LogP contribution is 2.36. The second-order valence-corrected chi connectivity index (χ2v) is 6.99. The number of nitrogens with one attached hydrogen (secondary N) is 1. The van der Waals surface area contributed by atoms with Crippen LogP contribution < -0.4 is 5.32 Å². The molecule has 0 aromatic carbocycles. The summed E-state index contributed by atoms with van der Waals surface area (Å²) in [7, 11) is 0. The summed E-state index contributed by atoms with van der Waals surface area (Å²) in [6, 6.07) is 0. The first kappa shape index (κ1) is 15.3. The van der Waals surface area contributed by atoms with Crippen LogP contribution in [-0.4, -0.2) is 37.6 Å². The molecule has 1 saturated carbocycles. The van der Waals surface area contributed by atoms with Crippen molar-refractivity contribution >= 4 is 0 Å². The van der Waals surface area contributed by atoms with Crippen molar-refractivity contribution < 1.29 is 0 Å². The summed E-state index contributed by atoms with van der Waals surface area (Å²) in [4.78, 5) is 2.77. The van der Waals surface area contributed by atoms with Crippen LogP contribution in [0.2, 0.25) is 0 Å². The Balaban J connectivity index is 1.92. The molecular formula is C17H34N2. The Hall–Kier alpha value is -0.0800. The van der Waals surface area contributed by atoms with Crippen LogP contribution in [0.1, 0.15) is 65.2 Å². The zero-order valence-electron chi connectivity index (χ0n) is 13.2. The fraction of sp³-hybridized carbons (Fsp3) is 1.00. The first-order valence-corrected chi connectivity index (χ1v) is 8.71. The molecule has 0 amide bonds. The molecular weight excluding hydrogens is 232 g/mol. The van der Waals surface area contributed by atoms with Gasteiger partial charge in [0.2, 0.25) is 0 Å². The summed E-state index contributed by atoms with van der Waals surface area (Å²) < 4.78 is 0. The molecule has 2 nitrogen and oxygen atoms in total. The summed E-state index contributed by atoms with van der Waals surface area (Å²) in [5.74, 6) is 0.974. The van der Waals surface area contributed by atoms with Crippen LogP contribution in [0.5, 0.6) is 0 Å². The maximum absolute atomic E-state index is 3.66. The van der Waals surface area contributed by atoms with E-state index in [0.717, 1.165) is 12.5 Å². The molecule has 0 aromatic heterocycles. The molecule has 112 valence electrons. The largest absolute Gasteiger partial charge is 0.316 e. The molecule has 1 N–H and O–H groups in total. The quantitative estimate of drug-likeness (QED) is 0.738. The van der Waals surface area contributed by atoms with Crippen molar-refractivity contribution in [2.45, 2.75) is 65.2 Å². The van der Waals surface area contributed by atoms with Crippen LogP contribution in [0, 0.1) is 11.3 Å². The molecule has 2 rings (SSSR count). The van der Waals surface area contributed by atoms with Gasteiger partial charge in [0.1, 0.15) is 0 Å². The predicted octanol–water partition coefficient (Wildman–Crippen LogP) is 3.67. The van der Waals surface area contributed by atoms with Gasteiger partial charge in [0.05, 0.1) is 0 Å². The topological polar surface area (TPSA) is 15.3 Å². The van der Waals surface area contributed by atoms with Crippen LogP contribution in [-0.2, 0) is 0 Å². The van der Waals surface area contributed by atoms with Gasteiger partial charge in [0.15, 0.2) is 0 Å². The fourth-order valence-corrected chi connectivity index (χ4v) is 4.12. The van der Waals surface area contributed by atoms with Gasteiger partial charge in [0.25, 0.3) is 0 Å². The number of hydrogen-bond donors (Lipinski definition) is 1. The Labute approximate surface area is 120 Å². The van der Waals surface area contributed by atoms with Gasteiger partial charge in [-0.05, 0) is 43.7 Å². The van der Waals surface area contributed by atoms with E-state index in [-0.39, 0.29) is 0 Å². The van der Waals surface area contributed by atoms with E-state index in [2.05, 4.69) is 24.1 Å². The van der Waals surface area contributed by atoms with E-state index in [1.165, 1.54) is 77.5 Å². The van der Waals surface area contributed by atoms with Crippen LogP contribution in [0.25, 0.3) is 0 Å². The zero-order valence-corrected chi connectivity index (χ0v) is 13.2. The van der Waals surface area contributed by atoms with Gasteiger partial charge >= 0.3 is 0 Å². The molecule has 2 fully saturated rings. The highest BCUT2D eigenvalue weighted by Gasteiger charge is 2.34. The van der Waals surface area contributed by atoms with E-state index in [1.54, 1.807) is 0 Å². The molecule has 0 aromatic rings. The molecule has 2 heteroatoms. The summed E-state index contributed by atoms with van der Waals surface area (Å²) >= 11 is 0. The summed E-state index contributed by atoms with van der Waals surface area (Å²) in [6.45, 7) is 11.0. The summed E-state index contributed by atoms with van der Waals surface area (Å²) in [5, 5.41) is 3.66. The van der Waals surface area contributed by atoms with Gasteiger partial charge in [-0.2, -0.15) is 0 Å². The minimum atomic E-state index is 0.579. The monoisotopic (exact) mass is 266 g/mol. The van der Waals surface area contributed by atoms with E-state index in [4.69, 9.17) is 0 Å². The lowest BCUT2D eigenvalue weighted by atomic mass is 9.79. The van der Waals surface area contributed by atoms with Gasteiger partial charge in [-0.25, -0.2) is 0 Å². The van der Waals surface area contributed by atoms with Crippen molar-refractivity contribution in [1.82, 2.24) is 10.2 Å². The van der Waals surface area contributed by atoms with Crippen LogP contribution in [0.3, 0.4) is 0 Å². The molecule has 1 heterocycles. The average Bonchev–Trinajstić information content (AvgIpc) is 2.75. The van der Waals surface area contributed by atoms with E-state index in [9.17, 15) is 0 Å². The Bertz CT molecular complexity index is 244. The molecule has 19 heavy (non-hydrogen) atoms. The van der Waals surface area contributed by atoms with E-state index in [1.807, 2.05) is 0 Å². The molecule has 0 radical (unpaired) electrons. The maximum Gasteiger partial charge on any atom is 0.00503 e. The van der Waals surface area contributed by atoms with Gasteiger partial charge in [-0.1, -0.05) is 46.0 Å². The number of nitrogens with zero attached hydrogens (tertiary/aromatic N) is 1. The first-order chi connectivity index (χ1) is 9.28. The molecule has 0 bridgehead atoms. The van der Waals surface area contributed by atoms with Crippen molar-refractivity contribution in [1.29, 1.82) is 0 Å². The number of rotatable bonds is 6. The Morgan fingerprint density at radius 3 is 2.42 bits per heavy atom. The smallest absolute Gasteiger partial charge is 0.00503 e. The molecule has 1 unspecified atom stereocenters. The second kappa shape index (κ2) is 7.64. The lowest BCUT2D eigenvalue weighted by Gasteiger charge is -2.37. The molecule has 1 aliphatic carbocycles. The standard InChI is InChI=1S/C17H34N2/c1-3-16-9-12-19(13-16)15-17(14-18-4-2)10-7-5-6-8-11-17/h16,18H,3-15H2,1-2H3. The Kier molecular flexibility index (Phi) is 6.15. The second-order valence-electron chi connectivity index (χ2n) is 6.99. The Morgan fingerprint density at radius 1 is 1.11 bits per heavy atom. The number of likely N-dealkylation sites (tertiary alicyclic amines) is 1. The van der Waals surface area contributed by atoms with Gasteiger partial charge < -0.3 is 10.2 Å². The normalized spacial score (nSPS) is 28.4. The molecule has 1 aliphatic heterocycles. The lowest BCUT2D eigenvalue weighted by molar-refractivity contribution is 0.143. The number of hydrogen-bond acceptors (Lipinski definition) is 2. The van der Waals surface area contributed by atoms with Crippen molar-refractivity contribution in [3.63, 3.8) is 0 Å². The van der Waals surface area contributed by atoms with Crippen molar-refractivity contribution in [2.24, 2.45) is 11.3 Å². The third-order valence-electron chi connectivity index (χ3n) is 5.42.